The zero-order chi connectivity index (χ0) is 20.4. The summed E-state index contributed by atoms with van der Waals surface area (Å²) >= 11 is 0. The fourth-order valence-electron chi connectivity index (χ4n) is 3.02. The van der Waals surface area contributed by atoms with Crippen LogP contribution < -0.4 is 10.2 Å². The Morgan fingerprint density at radius 1 is 1.14 bits per heavy atom. The van der Waals surface area contributed by atoms with Crippen LogP contribution in [0.3, 0.4) is 0 Å². The SMILES string of the molecule is Cc1cc(C)n(-c2ccccc2NC(=O)c2ccc(N(C)C)c([N+](=O)[O-])c2)n1. The molecule has 0 aliphatic heterocycles. The minimum absolute atomic E-state index is 0.121. The molecule has 3 rings (SSSR count). The summed E-state index contributed by atoms with van der Waals surface area (Å²) in [5.74, 6) is -0.428. The number of nitro groups is 1. The highest BCUT2D eigenvalue weighted by molar-refractivity contribution is 6.06. The van der Waals surface area contributed by atoms with Crippen molar-refractivity contribution in [3.63, 3.8) is 0 Å². The molecule has 8 nitrogen and oxygen atoms in total. The summed E-state index contributed by atoms with van der Waals surface area (Å²) in [6.45, 7) is 3.83. The maximum atomic E-state index is 12.8. The number of aromatic nitrogens is 2. The molecule has 0 aliphatic carbocycles. The van der Waals surface area contributed by atoms with Crippen LogP contribution >= 0.6 is 0 Å². The van der Waals surface area contributed by atoms with Gasteiger partial charge in [0.1, 0.15) is 5.69 Å². The van der Waals surface area contributed by atoms with Crippen molar-refractivity contribution < 1.29 is 9.72 Å². The van der Waals surface area contributed by atoms with E-state index in [4.69, 9.17) is 0 Å². The van der Waals surface area contributed by atoms with Gasteiger partial charge < -0.3 is 10.2 Å². The highest BCUT2D eigenvalue weighted by Crippen LogP contribution is 2.28. The maximum absolute atomic E-state index is 12.8. The van der Waals surface area contributed by atoms with Crippen LogP contribution in [0.15, 0.2) is 48.5 Å². The summed E-state index contributed by atoms with van der Waals surface area (Å²) in [6, 6.07) is 13.7. The van der Waals surface area contributed by atoms with Crippen molar-refractivity contribution in [2.24, 2.45) is 0 Å². The van der Waals surface area contributed by atoms with Gasteiger partial charge in [-0.25, -0.2) is 4.68 Å². The van der Waals surface area contributed by atoms with Gasteiger partial charge in [-0.3, -0.25) is 14.9 Å². The molecule has 28 heavy (non-hydrogen) atoms. The lowest BCUT2D eigenvalue weighted by molar-refractivity contribution is -0.384. The molecule has 0 atom stereocenters. The van der Waals surface area contributed by atoms with Crippen molar-refractivity contribution in [3.8, 4) is 5.69 Å². The maximum Gasteiger partial charge on any atom is 0.293 e. The molecule has 144 valence electrons. The first kappa shape index (κ1) is 19.1. The minimum atomic E-state index is -0.490. The van der Waals surface area contributed by atoms with E-state index in [9.17, 15) is 14.9 Å². The lowest BCUT2D eigenvalue weighted by atomic mass is 10.1. The summed E-state index contributed by atoms with van der Waals surface area (Å²) in [5.41, 5.74) is 3.62. The molecule has 0 fully saturated rings. The molecule has 8 heteroatoms. The number of aryl methyl sites for hydroxylation is 2. The van der Waals surface area contributed by atoms with Gasteiger partial charge >= 0.3 is 0 Å². The van der Waals surface area contributed by atoms with Gasteiger partial charge in [0.2, 0.25) is 0 Å². The van der Waals surface area contributed by atoms with E-state index in [0.29, 0.717) is 11.4 Å². The molecule has 0 bridgehead atoms. The summed E-state index contributed by atoms with van der Waals surface area (Å²) in [4.78, 5) is 25.3. The number of amides is 1. The average molecular weight is 379 g/mol. The number of nitrogens with zero attached hydrogens (tertiary/aromatic N) is 4. The second-order valence-corrected chi connectivity index (χ2v) is 6.67. The Morgan fingerprint density at radius 3 is 2.46 bits per heavy atom. The minimum Gasteiger partial charge on any atom is -0.372 e. The zero-order valence-electron chi connectivity index (χ0n) is 16.1. The molecule has 0 saturated heterocycles. The average Bonchev–Trinajstić information content (AvgIpc) is 2.99. The summed E-state index contributed by atoms with van der Waals surface area (Å²) < 4.78 is 1.75. The normalized spacial score (nSPS) is 10.6. The molecule has 0 aliphatic rings. The van der Waals surface area contributed by atoms with Crippen LogP contribution in [-0.4, -0.2) is 34.7 Å². The third-order valence-corrected chi connectivity index (χ3v) is 4.31. The Labute approximate surface area is 162 Å². The molecule has 0 saturated carbocycles. The predicted molar refractivity (Wildman–Crippen MR) is 108 cm³/mol. The van der Waals surface area contributed by atoms with Gasteiger partial charge in [0.25, 0.3) is 11.6 Å². The van der Waals surface area contributed by atoms with Crippen molar-refractivity contribution in [2.75, 3.05) is 24.3 Å². The van der Waals surface area contributed by atoms with Gasteiger partial charge in [-0.1, -0.05) is 12.1 Å². The van der Waals surface area contributed by atoms with E-state index >= 15 is 0 Å². The highest BCUT2D eigenvalue weighted by atomic mass is 16.6. The summed E-state index contributed by atoms with van der Waals surface area (Å²) in [5, 5.41) is 18.7. The first-order chi connectivity index (χ1) is 13.3. The Balaban J connectivity index is 1.96. The number of carbonyl (C=O) groups is 1. The summed E-state index contributed by atoms with van der Waals surface area (Å²) in [6.07, 6.45) is 0. The lowest BCUT2D eigenvalue weighted by Gasteiger charge is -2.15. The van der Waals surface area contributed by atoms with Crippen LogP contribution in [-0.2, 0) is 0 Å². The lowest BCUT2D eigenvalue weighted by Crippen LogP contribution is -2.16. The van der Waals surface area contributed by atoms with Gasteiger partial charge in [-0.2, -0.15) is 5.10 Å². The first-order valence-electron chi connectivity index (χ1n) is 8.67. The topological polar surface area (TPSA) is 93.3 Å². The number of nitrogens with one attached hydrogen (secondary N) is 1. The van der Waals surface area contributed by atoms with E-state index in [1.165, 1.54) is 6.07 Å². The number of nitro benzene ring substituents is 1. The molecule has 0 unspecified atom stereocenters. The molecule has 1 aromatic heterocycles. The molecule has 2 aromatic carbocycles. The standard InChI is InChI=1S/C20H21N5O3/c1-13-11-14(2)24(22-13)17-8-6-5-7-16(17)21-20(26)15-9-10-18(23(3)4)19(12-15)25(27)28/h5-12H,1-4H3,(H,21,26). The second-order valence-electron chi connectivity index (χ2n) is 6.67. The van der Waals surface area contributed by atoms with Crippen molar-refractivity contribution in [3.05, 3.63) is 75.6 Å². The first-order valence-corrected chi connectivity index (χ1v) is 8.67. The quantitative estimate of drug-likeness (QED) is 0.539. The van der Waals surface area contributed by atoms with Gasteiger partial charge in [0, 0.05) is 31.4 Å². The zero-order valence-corrected chi connectivity index (χ0v) is 16.1. The van der Waals surface area contributed by atoms with Crippen molar-refractivity contribution >= 4 is 23.0 Å². The van der Waals surface area contributed by atoms with Crippen molar-refractivity contribution in [2.45, 2.75) is 13.8 Å². The van der Waals surface area contributed by atoms with E-state index in [0.717, 1.165) is 17.1 Å². The monoisotopic (exact) mass is 379 g/mol. The van der Waals surface area contributed by atoms with E-state index in [1.54, 1.807) is 41.9 Å². The third kappa shape index (κ3) is 3.71. The van der Waals surface area contributed by atoms with Gasteiger partial charge in [0.05, 0.1) is 22.0 Å². The van der Waals surface area contributed by atoms with Crippen LogP contribution in [0.5, 0.6) is 0 Å². The Bertz CT molecular complexity index is 1060. The Kier molecular flexibility index (Phi) is 5.12. The van der Waals surface area contributed by atoms with Gasteiger partial charge in [-0.15, -0.1) is 0 Å². The van der Waals surface area contributed by atoms with Crippen LogP contribution in [0.4, 0.5) is 17.1 Å². The predicted octanol–water partition coefficient (Wildman–Crippen LogP) is 3.72. The highest BCUT2D eigenvalue weighted by Gasteiger charge is 2.20. The number of carbonyl (C=O) groups excluding carboxylic acids is 1. The number of benzene rings is 2. The number of anilines is 2. The van der Waals surface area contributed by atoms with E-state index in [1.807, 2.05) is 38.1 Å². The summed E-state index contributed by atoms with van der Waals surface area (Å²) in [7, 11) is 3.43. The fraction of sp³-hybridized carbons (Fsp3) is 0.200. The smallest absolute Gasteiger partial charge is 0.293 e. The third-order valence-electron chi connectivity index (χ3n) is 4.31. The van der Waals surface area contributed by atoms with E-state index < -0.39 is 10.8 Å². The largest absolute Gasteiger partial charge is 0.372 e. The molecule has 1 amide bonds. The van der Waals surface area contributed by atoms with Crippen LogP contribution in [0.2, 0.25) is 0 Å². The number of hydrogen-bond donors (Lipinski definition) is 1. The molecular formula is C20H21N5O3. The van der Waals surface area contributed by atoms with Crippen LogP contribution in [0.25, 0.3) is 5.69 Å². The number of para-hydroxylation sites is 2. The molecule has 0 spiro atoms. The second kappa shape index (κ2) is 7.51. The van der Waals surface area contributed by atoms with E-state index in [-0.39, 0.29) is 11.3 Å². The van der Waals surface area contributed by atoms with Gasteiger partial charge in [-0.05, 0) is 44.2 Å². The van der Waals surface area contributed by atoms with Crippen molar-refractivity contribution in [1.29, 1.82) is 0 Å². The Hall–Kier alpha value is -3.68. The molecular weight excluding hydrogens is 358 g/mol. The molecule has 3 aromatic rings. The fourth-order valence-corrected chi connectivity index (χ4v) is 3.02. The van der Waals surface area contributed by atoms with Crippen LogP contribution in [0.1, 0.15) is 21.7 Å². The number of hydrogen-bond acceptors (Lipinski definition) is 5. The molecule has 1 N–H and O–H groups in total. The van der Waals surface area contributed by atoms with Crippen molar-refractivity contribution in [1.82, 2.24) is 9.78 Å². The van der Waals surface area contributed by atoms with E-state index in [2.05, 4.69) is 10.4 Å². The molecule has 1 heterocycles. The molecule has 0 radical (unpaired) electrons. The van der Waals surface area contributed by atoms with Crippen LogP contribution in [0, 0.1) is 24.0 Å². The number of rotatable bonds is 5. The van der Waals surface area contributed by atoms with Gasteiger partial charge in [0.15, 0.2) is 0 Å². The Morgan fingerprint density at radius 2 is 1.86 bits per heavy atom.